The molecule has 0 aliphatic heterocycles. The summed E-state index contributed by atoms with van der Waals surface area (Å²) < 4.78 is 11.0. The maximum absolute atomic E-state index is 12.5. The highest BCUT2D eigenvalue weighted by Gasteiger charge is 2.44. The minimum atomic E-state index is -0.427. The number of rotatable bonds is 8. The SMILES string of the molecule is CCCc1ccc(Cc2c(O)cc(CC3(Cc4ccco4)CC3)oc2=O)s1. The highest BCUT2D eigenvalue weighted by molar-refractivity contribution is 7.12. The summed E-state index contributed by atoms with van der Waals surface area (Å²) in [6.07, 6.45) is 7.88. The summed E-state index contributed by atoms with van der Waals surface area (Å²) in [4.78, 5) is 14.9. The number of thiophene rings is 1. The molecule has 142 valence electrons. The van der Waals surface area contributed by atoms with E-state index in [1.807, 2.05) is 18.2 Å². The van der Waals surface area contributed by atoms with Crippen molar-refractivity contribution in [3.63, 3.8) is 0 Å². The van der Waals surface area contributed by atoms with Crippen LogP contribution in [0.1, 0.15) is 53.0 Å². The van der Waals surface area contributed by atoms with Crippen LogP contribution in [0.2, 0.25) is 0 Å². The lowest BCUT2D eigenvalue weighted by Crippen LogP contribution is -2.13. The fourth-order valence-electron chi connectivity index (χ4n) is 3.62. The third-order valence-electron chi connectivity index (χ3n) is 5.28. The second kappa shape index (κ2) is 7.39. The third-order valence-corrected chi connectivity index (χ3v) is 6.42. The maximum Gasteiger partial charge on any atom is 0.343 e. The molecule has 0 atom stereocenters. The van der Waals surface area contributed by atoms with E-state index in [0.29, 0.717) is 24.2 Å². The molecule has 0 aromatic carbocycles. The molecule has 3 aromatic heterocycles. The molecular weight excluding hydrogens is 360 g/mol. The van der Waals surface area contributed by atoms with Gasteiger partial charge in [0.05, 0.1) is 11.8 Å². The molecule has 3 heterocycles. The van der Waals surface area contributed by atoms with Crippen LogP contribution in [0.15, 0.2) is 50.2 Å². The summed E-state index contributed by atoms with van der Waals surface area (Å²) in [5.41, 5.74) is 0.00801. The second-order valence-electron chi connectivity index (χ2n) is 7.59. The molecule has 5 heteroatoms. The van der Waals surface area contributed by atoms with E-state index in [1.165, 1.54) is 4.88 Å². The molecular formula is C22H24O4S. The van der Waals surface area contributed by atoms with Crippen molar-refractivity contribution in [1.29, 1.82) is 0 Å². The van der Waals surface area contributed by atoms with Gasteiger partial charge in [-0.25, -0.2) is 4.79 Å². The zero-order valence-electron chi connectivity index (χ0n) is 15.5. The number of furan rings is 1. The molecule has 1 aliphatic carbocycles. The van der Waals surface area contributed by atoms with E-state index in [0.717, 1.165) is 42.7 Å². The lowest BCUT2D eigenvalue weighted by atomic mass is 9.94. The number of aromatic hydroxyl groups is 1. The summed E-state index contributed by atoms with van der Waals surface area (Å²) in [5.74, 6) is 1.56. The van der Waals surface area contributed by atoms with Crippen LogP contribution < -0.4 is 5.63 Å². The molecule has 0 amide bonds. The predicted octanol–water partition coefficient (Wildman–Crippen LogP) is 5.11. The number of hydrogen-bond donors (Lipinski definition) is 1. The van der Waals surface area contributed by atoms with Gasteiger partial charge >= 0.3 is 5.63 Å². The predicted molar refractivity (Wildman–Crippen MR) is 106 cm³/mol. The van der Waals surface area contributed by atoms with Crippen LogP contribution in [0.5, 0.6) is 5.75 Å². The minimum absolute atomic E-state index is 0.0421. The topological polar surface area (TPSA) is 63.6 Å². The summed E-state index contributed by atoms with van der Waals surface area (Å²) in [6.45, 7) is 2.15. The molecule has 0 bridgehead atoms. The highest BCUT2D eigenvalue weighted by Crippen LogP contribution is 2.51. The average Bonchev–Trinajstić information content (AvgIpc) is 3.00. The largest absolute Gasteiger partial charge is 0.507 e. The average molecular weight is 384 g/mol. The zero-order valence-corrected chi connectivity index (χ0v) is 16.3. The first-order valence-electron chi connectivity index (χ1n) is 9.52. The molecule has 0 saturated heterocycles. The molecule has 27 heavy (non-hydrogen) atoms. The van der Waals surface area contributed by atoms with E-state index in [-0.39, 0.29) is 11.2 Å². The Morgan fingerprint density at radius 1 is 1.15 bits per heavy atom. The Morgan fingerprint density at radius 2 is 1.93 bits per heavy atom. The normalized spacial score (nSPS) is 15.1. The van der Waals surface area contributed by atoms with Gasteiger partial charge in [0, 0.05) is 35.1 Å². The molecule has 1 saturated carbocycles. The first-order valence-corrected chi connectivity index (χ1v) is 10.3. The molecule has 0 radical (unpaired) electrons. The summed E-state index contributed by atoms with van der Waals surface area (Å²) >= 11 is 1.69. The Labute approximate surface area is 162 Å². The summed E-state index contributed by atoms with van der Waals surface area (Å²) in [5, 5.41) is 10.4. The van der Waals surface area contributed by atoms with Gasteiger partial charge in [-0.15, -0.1) is 11.3 Å². The van der Waals surface area contributed by atoms with Gasteiger partial charge in [0.15, 0.2) is 0 Å². The van der Waals surface area contributed by atoms with Crippen LogP contribution >= 0.6 is 11.3 Å². The number of aryl methyl sites for hydroxylation is 1. The van der Waals surface area contributed by atoms with Crippen LogP contribution in [-0.4, -0.2) is 5.11 Å². The van der Waals surface area contributed by atoms with Gasteiger partial charge in [0.2, 0.25) is 0 Å². The van der Waals surface area contributed by atoms with Crippen molar-refractivity contribution < 1.29 is 13.9 Å². The van der Waals surface area contributed by atoms with Crippen LogP contribution in [-0.2, 0) is 25.7 Å². The first-order chi connectivity index (χ1) is 13.1. The molecule has 1 fully saturated rings. The summed E-state index contributed by atoms with van der Waals surface area (Å²) in [7, 11) is 0. The van der Waals surface area contributed by atoms with Gasteiger partial charge in [0.25, 0.3) is 0 Å². The van der Waals surface area contributed by atoms with Gasteiger partial charge in [-0.3, -0.25) is 0 Å². The van der Waals surface area contributed by atoms with Gasteiger partial charge in [-0.1, -0.05) is 13.3 Å². The van der Waals surface area contributed by atoms with Crippen molar-refractivity contribution in [1.82, 2.24) is 0 Å². The molecule has 1 N–H and O–H groups in total. The van der Waals surface area contributed by atoms with Crippen molar-refractivity contribution in [2.24, 2.45) is 5.41 Å². The third kappa shape index (κ3) is 4.19. The Balaban J connectivity index is 1.49. The van der Waals surface area contributed by atoms with E-state index in [2.05, 4.69) is 13.0 Å². The first kappa shape index (κ1) is 18.1. The van der Waals surface area contributed by atoms with Crippen molar-refractivity contribution >= 4 is 11.3 Å². The Hall–Kier alpha value is -2.27. The molecule has 0 unspecified atom stereocenters. The van der Waals surface area contributed by atoms with Crippen LogP contribution in [0.25, 0.3) is 0 Å². The lowest BCUT2D eigenvalue weighted by Gasteiger charge is -2.13. The van der Waals surface area contributed by atoms with Gasteiger partial charge < -0.3 is 13.9 Å². The Kier molecular flexibility index (Phi) is 4.96. The zero-order chi connectivity index (χ0) is 18.9. The fraction of sp³-hybridized carbons (Fsp3) is 0.409. The van der Waals surface area contributed by atoms with E-state index < -0.39 is 5.63 Å². The van der Waals surface area contributed by atoms with Crippen LogP contribution in [0, 0.1) is 5.41 Å². The van der Waals surface area contributed by atoms with Crippen molar-refractivity contribution in [2.75, 3.05) is 0 Å². The van der Waals surface area contributed by atoms with Crippen LogP contribution in [0.4, 0.5) is 0 Å². The smallest absolute Gasteiger partial charge is 0.343 e. The maximum atomic E-state index is 12.5. The van der Waals surface area contributed by atoms with E-state index in [1.54, 1.807) is 23.7 Å². The fourth-order valence-corrected chi connectivity index (χ4v) is 4.75. The molecule has 4 nitrogen and oxygen atoms in total. The highest BCUT2D eigenvalue weighted by atomic mass is 32.1. The minimum Gasteiger partial charge on any atom is -0.507 e. The van der Waals surface area contributed by atoms with E-state index >= 15 is 0 Å². The van der Waals surface area contributed by atoms with Crippen molar-refractivity contribution in [3.05, 3.63) is 73.9 Å². The van der Waals surface area contributed by atoms with Gasteiger partial charge in [-0.05, 0) is 48.9 Å². The summed E-state index contributed by atoms with van der Waals surface area (Å²) in [6, 6.07) is 9.62. The molecule has 1 aliphatic rings. The second-order valence-corrected chi connectivity index (χ2v) is 8.84. The number of hydrogen-bond acceptors (Lipinski definition) is 5. The van der Waals surface area contributed by atoms with Crippen molar-refractivity contribution in [2.45, 2.75) is 51.9 Å². The van der Waals surface area contributed by atoms with Crippen molar-refractivity contribution in [3.8, 4) is 5.75 Å². The quantitative estimate of drug-likeness (QED) is 0.586. The van der Waals surface area contributed by atoms with E-state index in [4.69, 9.17) is 8.83 Å². The van der Waals surface area contributed by atoms with Gasteiger partial charge in [-0.2, -0.15) is 0 Å². The molecule has 3 aromatic rings. The molecule has 4 rings (SSSR count). The Morgan fingerprint density at radius 3 is 2.59 bits per heavy atom. The Bertz CT molecular complexity index is 961. The van der Waals surface area contributed by atoms with E-state index in [9.17, 15) is 9.90 Å². The van der Waals surface area contributed by atoms with Gasteiger partial charge in [0.1, 0.15) is 17.3 Å². The standard InChI is InChI=1S/C22H24O4S/c1-2-4-17-6-7-18(27-17)12-19-20(23)11-16(26-21(19)24)14-22(8-9-22)13-15-5-3-10-25-15/h3,5-7,10-11,23H,2,4,8-9,12-14H2,1H3. The van der Waals surface area contributed by atoms with Crippen LogP contribution in [0.3, 0.4) is 0 Å². The molecule has 0 spiro atoms. The lowest BCUT2D eigenvalue weighted by molar-refractivity contribution is 0.361. The monoisotopic (exact) mass is 384 g/mol.